The van der Waals surface area contributed by atoms with Crippen molar-refractivity contribution in [3.8, 4) is 0 Å². The van der Waals surface area contributed by atoms with Gasteiger partial charge in [0, 0.05) is 41.8 Å². The molecule has 2 aromatic carbocycles. The van der Waals surface area contributed by atoms with Crippen molar-refractivity contribution in [2.75, 3.05) is 0 Å². The molecule has 0 spiro atoms. The van der Waals surface area contributed by atoms with Crippen LogP contribution in [0.2, 0.25) is 0 Å². The fraction of sp³-hybridized carbons (Fsp3) is 0.375. The number of H-pyrrole nitrogens is 1. The summed E-state index contributed by atoms with van der Waals surface area (Å²) in [5, 5.41) is 17.9. The molecule has 3 aromatic rings. The number of para-hydroxylation sites is 1. The van der Waals surface area contributed by atoms with E-state index in [9.17, 15) is 0 Å². The second-order valence-corrected chi connectivity index (χ2v) is 8.20. The van der Waals surface area contributed by atoms with Crippen LogP contribution in [0.1, 0.15) is 46.6 Å². The minimum Gasteiger partial charge on any atom is -0.481 e. The van der Waals surface area contributed by atoms with Gasteiger partial charge in [-0.25, -0.2) is 4.99 Å². The average molecular weight is 441 g/mol. The zero-order valence-electron chi connectivity index (χ0n) is 18.8. The first-order valence-corrected chi connectivity index (χ1v) is 10.9. The van der Waals surface area contributed by atoms with Gasteiger partial charge in [0.05, 0.1) is 10.9 Å². The zero-order valence-corrected chi connectivity index (χ0v) is 19.6. The summed E-state index contributed by atoms with van der Waals surface area (Å²) in [6.45, 7) is 10.5. The first-order valence-electron chi connectivity index (χ1n) is 10.5. The first kappa shape index (κ1) is 24.5. The van der Waals surface area contributed by atoms with Crippen LogP contribution in [-0.4, -0.2) is 33.3 Å². The van der Waals surface area contributed by atoms with Crippen molar-refractivity contribution in [1.29, 1.82) is 0 Å². The van der Waals surface area contributed by atoms with Gasteiger partial charge in [-0.05, 0) is 57.1 Å². The van der Waals surface area contributed by atoms with Crippen LogP contribution in [0.3, 0.4) is 0 Å². The number of rotatable bonds is 5. The van der Waals surface area contributed by atoms with Crippen LogP contribution in [0.15, 0.2) is 47.5 Å². The molecular formula is C24H32N4O2S. The Morgan fingerprint density at radius 2 is 1.81 bits per heavy atom. The number of carboxylic acid groups (broad SMARTS) is 1. The van der Waals surface area contributed by atoms with Crippen LogP contribution in [-0.2, 0) is 11.3 Å². The molecule has 4 N–H and O–H groups in total. The lowest BCUT2D eigenvalue weighted by Crippen LogP contribution is -2.28. The highest BCUT2D eigenvalue weighted by Gasteiger charge is 2.08. The molecule has 6 nitrogen and oxygen atoms in total. The van der Waals surface area contributed by atoms with Crippen molar-refractivity contribution in [3.05, 3.63) is 53.4 Å². The predicted molar refractivity (Wildman–Crippen MR) is 132 cm³/mol. The molecule has 3 rings (SSSR count). The maximum atomic E-state index is 9.00. The smallest absolute Gasteiger partial charge is 0.300 e. The number of carboxylic acids is 1. The largest absolute Gasteiger partial charge is 0.481 e. The Balaban J connectivity index is 0.000000785. The molecule has 0 saturated carbocycles. The quantitative estimate of drug-likeness (QED) is 0.439. The Morgan fingerprint density at radius 1 is 1.16 bits per heavy atom. The average Bonchev–Trinajstić information content (AvgIpc) is 2.90. The second-order valence-electron chi connectivity index (χ2n) is 7.81. The number of carbonyl (C=O) groups is 1. The molecule has 1 unspecified atom stereocenters. The van der Waals surface area contributed by atoms with E-state index in [4.69, 9.17) is 22.1 Å². The Labute approximate surface area is 188 Å². The third-order valence-electron chi connectivity index (χ3n) is 4.71. The third kappa shape index (κ3) is 7.45. The number of hydrogen-bond donors (Lipinski definition) is 4. The Morgan fingerprint density at radius 3 is 2.45 bits per heavy atom. The van der Waals surface area contributed by atoms with E-state index in [1.165, 1.54) is 21.9 Å². The summed E-state index contributed by atoms with van der Waals surface area (Å²) in [6, 6.07) is 15.5. The molecule has 0 aliphatic carbocycles. The van der Waals surface area contributed by atoms with Gasteiger partial charge in [0.1, 0.15) is 0 Å². The molecule has 31 heavy (non-hydrogen) atoms. The molecule has 1 heterocycles. The van der Waals surface area contributed by atoms with Gasteiger partial charge in [-0.1, -0.05) is 37.3 Å². The van der Waals surface area contributed by atoms with Crippen molar-refractivity contribution in [1.82, 2.24) is 15.6 Å². The topological polar surface area (TPSA) is 89.5 Å². The number of nitrogens with zero attached hydrogens (tertiary/aromatic N) is 1. The number of hydrogen-bond acceptors (Lipinski definition) is 3. The molecular weight excluding hydrogens is 408 g/mol. The monoisotopic (exact) mass is 440 g/mol. The molecule has 166 valence electrons. The molecule has 0 fully saturated rings. The van der Waals surface area contributed by atoms with Crippen molar-refractivity contribution in [3.63, 3.8) is 0 Å². The molecule has 0 amide bonds. The van der Waals surface area contributed by atoms with Crippen LogP contribution < -0.4 is 16.0 Å². The van der Waals surface area contributed by atoms with Gasteiger partial charge < -0.3 is 20.7 Å². The lowest BCUT2D eigenvalue weighted by atomic mass is 10.1. The fourth-order valence-corrected chi connectivity index (χ4v) is 3.43. The van der Waals surface area contributed by atoms with Gasteiger partial charge in [-0.15, -0.1) is 0 Å². The van der Waals surface area contributed by atoms with Crippen LogP contribution in [0.5, 0.6) is 0 Å². The van der Waals surface area contributed by atoms with Gasteiger partial charge in [-0.2, -0.15) is 0 Å². The highest BCUT2D eigenvalue weighted by Crippen LogP contribution is 2.26. The van der Waals surface area contributed by atoms with E-state index in [1.807, 2.05) is 12.1 Å². The summed E-state index contributed by atoms with van der Waals surface area (Å²) < 4.78 is 0. The summed E-state index contributed by atoms with van der Waals surface area (Å²) in [6.07, 6.45) is 1.12. The SMILES string of the molecule is CC(=O)O.CCC(C)NCc1cccc2c1[nH]c1cc(=NC(=S)NC(C)C)cccc12. The maximum absolute atomic E-state index is 9.00. The summed E-state index contributed by atoms with van der Waals surface area (Å²) in [4.78, 5) is 17.1. The normalized spacial score (nSPS) is 12.5. The van der Waals surface area contributed by atoms with E-state index in [0.717, 1.165) is 30.8 Å². The number of nitrogens with one attached hydrogen (secondary N) is 3. The Kier molecular flexibility index (Phi) is 9.15. The van der Waals surface area contributed by atoms with Gasteiger partial charge in [-0.3, -0.25) is 4.79 Å². The van der Waals surface area contributed by atoms with E-state index in [1.54, 1.807) is 0 Å². The minimum absolute atomic E-state index is 0.271. The number of aromatic amines is 1. The summed E-state index contributed by atoms with van der Waals surface area (Å²) in [5.41, 5.74) is 3.53. The van der Waals surface area contributed by atoms with E-state index in [-0.39, 0.29) is 6.04 Å². The molecule has 7 heteroatoms. The lowest BCUT2D eigenvalue weighted by molar-refractivity contribution is -0.134. The Hall–Kier alpha value is -2.77. The molecule has 0 bridgehead atoms. The van der Waals surface area contributed by atoms with Crippen LogP contribution >= 0.6 is 12.2 Å². The molecule has 0 radical (unpaired) electrons. The van der Waals surface area contributed by atoms with Crippen LogP contribution in [0.25, 0.3) is 21.8 Å². The van der Waals surface area contributed by atoms with E-state index in [2.05, 4.69) is 78.6 Å². The highest BCUT2D eigenvalue weighted by molar-refractivity contribution is 7.80. The maximum Gasteiger partial charge on any atom is 0.300 e. The van der Waals surface area contributed by atoms with Crippen molar-refractivity contribution in [2.24, 2.45) is 4.99 Å². The van der Waals surface area contributed by atoms with Gasteiger partial charge in [0.15, 0.2) is 5.11 Å². The fourth-order valence-electron chi connectivity index (χ4n) is 3.09. The van der Waals surface area contributed by atoms with Crippen LogP contribution in [0, 0.1) is 0 Å². The first-order chi connectivity index (χ1) is 14.7. The van der Waals surface area contributed by atoms with Crippen molar-refractivity contribution < 1.29 is 9.90 Å². The molecule has 1 aromatic heterocycles. The number of aliphatic carboxylic acids is 1. The number of aromatic nitrogens is 1. The Bertz CT molecular complexity index is 1120. The van der Waals surface area contributed by atoms with Gasteiger partial charge in [0.2, 0.25) is 0 Å². The van der Waals surface area contributed by atoms with Crippen molar-refractivity contribution in [2.45, 2.75) is 59.7 Å². The molecule has 0 saturated heterocycles. The molecule has 0 aliphatic heterocycles. The molecule has 0 aliphatic rings. The van der Waals surface area contributed by atoms with Gasteiger partial charge >= 0.3 is 0 Å². The lowest BCUT2D eigenvalue weighted by Gasteiger charge is -2.11. The second kappa shape index (κ2) is 11.6. The van der Waals surface area contributed by atoms with E-state index in [0.29, 0.717) is 11.2 Å². The molecule has 1 atom stereocenters. The summed E-state index contributed by atoms with van der Waals surface area (Å²) in [5.74, 6) is -0.833. The predicted octanol–water partition coefficient (Wildman–Crippen LogP) is 4.48. The highest BCUT2D eigenvalue weighted by atomic mass is 32.1. The number of thiocarbonyl (C=S) groups is 1. The van der Waals surface area contributed by atoms with E-state index < -0.39 is 5.97 Å². The number of benzene rings is 1. The van der Waals surface area contributed by atoms with Gasteiger partial charge in [0.25, 0.3) is 5.97 Å². The van der Waals surface area contributed by atoms with Crippen LogP contribution in [0.4, 0.5) is 0 Å². The van der Waals surface area contributed by atoms with E-state index >= 15 is 0 Å². The minimum atomic E-state index is -0.833. The van der Waals surface area contributed by atoms with Crippen molar-refractivity contribution >= 4 is 45.1 Å². The zero-order chi connectivity index (χ0) is 23.0. The standard InChI is InChI=1S/C22H28N4S.C2H4O2/c1-5-15(4)23-13-16-8-6-11-19-18-10-7-9-17(12-20(18)26-21(16)19)25-22(27)24-14(2)3;1-2(3)4/h6-12,14-15,23,26H,5,13H2,1-4H3,(H,24,27);1H3,(H,3,4). The summed E-state index contributed by atoms with van der Waals surface area (Å²) in [7, 11) is 0. The third-order valence-corrected chi connectivity index (χ3v) is 4.92. The number of fused-ring (bicyclic) bond motifs is 3. The summed E-state index contributed by atoms with van der Waals surface area (Å²) >= 11 is 5.33.